The molecule has 2 aromatic carbocycles. The van der Waals surface area contributed by atoms with E-state index in [1.54, 1.807) is 11.9 Å². The van der Waals surface area contributed by atoms with E-state index in [0.717, 1.165) is 38.8 Å². The topological polar surface area (TPSA) is 69.1 Å². The molecule has 246 valence electrons. The van der Waals surface area contributed by atoms with Gasteiger partial charge in [0, 0.05) is 49.8 Å². The van der Waals surface area contributed by atoms with Crippen molar-refractivity contribution in [3.8, 4) is 0 Å². The van der Waals surface area contributed by atoms with Crippen LogP contribution < -0.4 is 0 Å². The Morgan fingerprint density at radius 3 is 2.02 bits per heavy atom. The summed E-state index contributed by atoms with van der Waals surface area (Å²) in [6, 6.07) is 20.8. The fourth-order valence-electron chi connectivity index (χ4n) is 5.81. The second-order valence-electron chi connectivity index (χ2n) is 13.4. The summed E-state index contributed by atoms with van der Waals surface area (Å²) < 4.78 is 20.3. The van der Waals surface area contributed by atoms with Gasteiger partial charge in [-0.15, -0.1) is 0 Å². The van der Waals surface area contributed by atoms with Crippen LogP contribution in [0.25, 0.3) is 0 Å². The summed E-state index contributed by atoms with van der Waals surface area (Å²) in [5.74, 6) is 0.406. The fourth-order valence-corrected chi connectivity index (χ4v) is 6.90. The number of halogens is 1. The van der Waals surface area contributed by atoms with Crippen molar-refractivity contribution in [2.45, 2.75) is 77.7 Å². The third-order valence-electron chi connectivity index (χ3n) is 8.34. The van der Waals surface area contributed by atoms with Gasteiger partial charge < -0.3 is 24.0 Å². The first-order valence-corrected chi connectivity index (χ1v) is 19.9. The fraction of sp³-hybridized carbons (Fsp3) is 0.543. The van der Waals surface area contributed by atoms with Gasteiger partial charge in [-0.3, -0.25) is 0 Å². The Bertz CT molecular complexity index is 1260. The molecule has 10 heteroatoms. The molecule has 1 amide bonds. The van der Waals surface area contributed by atoms with Crippen molar-refractivity contribution in [1.82, 2.24) is 19.4 Å². The average Bonchev–Trinajstić information content (AvgIpc) is 3.43. The number of aromatic nitrogens is 2. The van der Waals surface area contributed by atoms with E-state index in [1.165, 1.54) is 22.4 Å². The highest BCUT2D eigenvalue weighted by atomic mass is 127. The second kappa shape index (κ2) is 17.2. The van der Waals surface area contributed by atoms with Gasteiger partial charge in [0.2, 0.25) is 0 Å². The predicted octanol–water partition coefficient (Wildman–Crippen LogP) is 8.05. The molecule has 1 saturated carbocycles. The van der Waals surface area contributed by atoms with E-state index in [2.05, 4.69) is 93.2 Å². The average molecular weight is 749 g/mol. The molecule has 1 atom stereocenters. The van der Waals surface area contributed by atoms with Gasteiger partial charge in [-0.05, 0) is 86.7 Å². The summed E-state index contributed by atoms with van der Waals surface area (Å²) in [6.07, 6.45) is 6.67. The molecule has 45 heavy (non-hydrogen) atoms. The number of likely N-dealkylation sites (N-methyl/N-ethyl adjacent to an activating group) is 2. The number of hydrogen-bond donors (Lipinski definition) is 0. The molecule has 4 rings (SSSR count). The van der Waals surface area contributed by atoms with Crippen LogP contribution in [0.4, 0.5) is 4.79 Å². The number of benzene rings is 2. The van der Waals surface area contributed by atoms with Crippen LogP contribution in [-0.2, 0) is 34.0 Å². The van der Waals surface area contributed by atoms with Crippen LogP contribution in [0.3, 0.4) is 0 Å². The Kier molecular flexibility index (Phi) is 13.7. The van der Waals surface area contributed by atoms with E-state index in [1.807, 2.05) is 32.9 Å². The zero-order chi connectivity index (χ0) is 32.3. The number of ether oxygens (including phenoxy) is 3. The number of amides is 1. The summed E-state index contributed by atoms with van der Waals surface area (Å²) in [7, 11) is 3.90. The maximum Gasteiger partial charge on any atom is 0.410 e. The molecular weight excluding hydrogens is 698 g/mol. The Morgan fingerprint density at radius 2 is 1.51 bits per heavy atom. The Hall–Kier alpha value is -2.04. The molecule has 0 aliphatic heterocycles. The van der Waals surface area contributed by atoms with Crippen LogP contribution in [-0.4, -0.2) is 71.4 Å². The van der Waals surface area contributed by atoms with E-state index in [-0.39, 0.29) is 11.5 Å². The van der Waals surface area contributed by atoms with E-state index in [9.17, 15) is 4.79 Å². The molecule has 0 spiro atoms. The van der Waals surface area contributed by atoms with E-state index >= 15 is 0 Å². The standard InChI is InChI=1S/C35H50IN4O4P/c1-34(2,3)44-33(41)39(5)21-20-38(4)22-31-23-40(45-36)37-32(31)30-16-18-35(19-17-30,26-42-24-28-12-8-6-9-13-28)27-43-25-29-14-10-7-11-15-29/h6-15,23,30,45H,16-22,24-27H2,1-5H3. The number of hydrogen-bond acceptors (Lipinski definition) is 6. The van der Waals surface area contributed by atoms with Crippen molar-refractivity contribution in [1.29, 1.82) is 0 Å². The molecule has 1 unspecified atom stereocenters. The number of nitrogens with zero attached hydrogens (tertiary/aromatic N) is 4. The van der Waals surface area contributed by atoms with Crippen LogP contribution >= 0.6 is 28.4 Å². The van der Waals surface area contributed by atoms with E-state index < -0.39 is 5.60 Å². The smallest absolute Gasteiger partial charge is 0.410 e. The molecule has 1 fully saturated rings. The maximum atomic E-state index is 12.4. The van der Waals surface area contributed by atoms with Crippen LogP contribution in [0.5, 0.6) is 0 Å². The van der Waals surface area contributed by atoms with Crippen molar-refractivity contribution in [2.24, 2.45) is 5.41 Å². The van der Waals surface area contributed by atoms with Crippen LogP contribution in [0.1, 0.15) is 74.8 Å². The van der Waals surface area contributed by atoms with Crippen molar-refractivity contribution >= 4 is 34.5 Å². The van der Waals surface area contributed by atoms with Crippen molar-refractivity contribution in [3.05, 3.63) is 89.2 Å². The van der Waals surface area contributed by atoms with Crippen molar-refractivity contribution in [2.75, 3.05) is 40.4 Å². The van der Waals surface area contributed by atoms with Crippen molar-refractivity contribution in [3.63, 3.8) is 0 Å². The lowest BCUT2D eigenvalue weighted by molar-refractivity contribution is -0.0539. The van der Waals surface area contributed by atoms with Crippen molar-refractivity contribution < 1.29 is 19.0 Å². The molecular formula is C35H50IN4O4P. The van der Waals surface area contributed by atoms with Gasteiger partial charge >= 0.3 is 6.09 Å². The summed E-state index contributed by atoms with van der Waals surface area (Å²) in [6.45, 7) is 10.4. The minimum Gasteiger partial charge on any atom is -0.444 e. The van der Waals surface area contributed by atoms with Gasteiger partial charge in [-0.2, -0.15) is 5.10 Å². The number of rotatable bonds is 15. The largest absolute Gasteiger partial charge is 0.444 e. The lowest BCUT2D eigenvalue weighted by Gasteiger charge is -2.39. The van der Waals surface area contributed by atoms with Crippen LogP contribution in [0.15, 0.2) is 66.9 Å². The highest BCUT2D eigenvalue weighted by Gasteiger charge is 2.38. The molecule has 1 aliphatic rings. The summed E-state index contributed by atoms with van der Waals surface area (Å²) in [5, 5.41) is 5.07. The monoisotopic (exact) mass is 748 g/mol. The lowest BCUT2D eigenvalue weighted by atomic mass is 9.70. The summed E-state index contributed by atoms with van der Waals surface area (Å²) >= 11 is 2.40. The highest BCUT2D eigenvalue weighted by Crippen LogP contribution is 2.45. The quantitative estimate of drug-likeness (QED) is 0.116. The summed E-state index contributed by atoms with van der Waals surface area (Å²) in [4.78, 5) is 16.3. The normalized spacial score (nSPS) is 15.6. The maximum absolute atomic E-state index is 12.4. The first-order chi connectivity index (χ1) is 21.6. The van der Waals surface area contributed by atoms with Gasteiger partial charge in [0.05, 0.1) is 38.5 Å². The number of carbonyl (C=O) groups is 1. The Balaban J connectivity index is 1.37. The predicted molar refractivity (Wildman–Crippen MR) is 191 cm³/mol. The first-order valence-electron chi connectivity index (χ1n) is 15.9. The molecule has 1 aromatic heterocycles. The Morgan fingerprint density at radius 1 is 0.956 bits per heavy atom. The lowest BCUT2D eigenvalue weighted by Crippen LogP contribution is -2.38. The first kappa shape index (κ1) is 35.8. The summed E-state index contributed by atoms with van der Waals surface area (Å²) in [5.41, 5.74) is 4.37. The molecule has 1 heterocycles. The third kappa shape index (κ3) is 11.6. The highest BCUT2D eigenvalue weighted by molar-refractivity contribution is 14.2. The Labute approximate surface area is 284 Å². The zero-order valence-corrected chi connectivity index (χ0v) is 30.7. The SMILES string of the molecule is CN(CCN(C)C(=O)OC(C)(C)C)Cc1cn(PI)nc1C1CCC(COCc2ccccc2)(COCc2ccccc2)CC1. The molecule has 0 saturated heterocycles. The molecule has 8 nitrogen and oxygen atoms in total. The van der Waals surface area contributed by atoms with Gasteiger partial charge in [0.25, 0.3) is 0 Å². The molecule has 1 aliphatic carbocycles. The van der Waals surface area contributed by atoms with E-state index in [4.69, 9.17) is 19.3 Å². The van der Waals surface area contributed by atoms with Gasteiger partial charge in [-0.25, -0.2) is 9.25 Å². The van der Waals surface area contributed by atoms with Crippen LogP contribution in [0.2, 0.25) is 0 Å². The minimum absolute atomic E-state index is 0.0170. The zero-order valence-electron chi connectivity index (χ0n) is 27.5. The molecule has 0 radical (unpaired) electrons. The third-order valence-corrected chi connectivity index (χ3v) is 10.2. The van der Waals surface area contributed by atoms with Gasteiger partial charge in [0.1, 0.15) is 5.60 Å². The van der Waals surface area contributed by atoms with Gasteiger partial charge in [-0.1, -0.05) is 60.7 Å². The van der Waals surface area contributed by atoms with Crippen LogP contribution in [0, 0.1) is 5.41 Å². The number of carbonyl (C=O) groups excluding carboxylic acids is 1. The van der Waals surface area contributed by atoms with E-state index in [0.29, 0.717) is 45.3 Å². The van der Waals surface area contributed by atoms with Gasteiger partial charge in [0.15, 0.2) is 0 Å². The second-order valence-corrected chi connectivity index (χ2v) is 15.5. The molecule has 3 aromatic rings. The molecule has 0 bridgehead atoms. The minimum atomic E-state index is -0.499. The molecule has 0 N–H and O–H groups in total.